The van der Waals surface area contributed by atoms with Crippen LogP contribution in [0.25, 0.3) is 6.08 Å². The topological polar surface area (TPSA) is 37.3 Å². The Morgan fingerprint density at radius 2 is 1.93 bits per heavy atom. The van der Waals surface area contributed by atoms with Gasteiger partial charge in [0.2, 0.25) is 0 Å². The molecule has 3 aliphatic rings. The van der Waals surface area contributed by atoms with Crippen LogP contribution >= 0.6 is 11.6 Å². The van der Waals surface area contributed by atoms with Crippen LogP contribution in [0.3, 0.4) is 0 Å². The minimum absolute atomic E-state index is 0.228. The number of ketones is 1. The van der Waals surface area contributed by atoms with E-state index in [0.29, 0.717) is 29.3 Å². The van der Waals surface area contributed by atoms with Crippen LogP contribution in [0.5, 0.6) is 5.75 Å². The number of rotatable bonds is 1. The summed E-state index contributed by atoms with van der Waals surface area (Å²) in [6.45, 7) is 2.20. The number of phenols is 1. The fourth-order valence-electron chi connectivity index (χ4n) is 6.13. The lowest BCUT2D eigenvalue weighted by Crippen LogP contribution is -2.42. The van der Waals surface area contributed by atoms with Gasteiger partial charge in [0, 0.05) is 10.4 Å². The van der Waals surface area contributed by atoms with Crippen molar-refractivity contribution in [3.05, 3.63) is 69.8 Å². The summed E-state index contributed by atoms with van der Waals surface area (Å²) in [5.74, 6) is 2.20. The standard InChI is InChI=1S/C25H25ClO2/c1-25-11-10-21-20-9-7-19(27)13-16(20)4-8-22(21)23(25)14-17(24(25)28)12-15-2-5-18(26)6-3-15/h2-3,5-7,9,12-13,21-23,27H,4,8,10-11,14H2,1H3/b17-12+. The maximum atomic E-state index is 13.4. The molecule has 2 nitrogen and oxygen atoms in total. The van der Waals surface area contributed by atoms with Crippen molar-refractivity contribution in [3.63, 3.8) is 0 Å². The molecule has 0 amide bonds. The van der Waals surface area contributed by atoms with Crippen molar-refractivity contribution < 1.29 is 9.90 Å². The second kappa shape index (κ2) is 6.49. The van der Waals surface area contributed by atoms with Gasteiger partial charge in [-0.25, -0.2) is 0 Å². The zero-order chi connectivity index (χ0) is 19.5. The van der Waals surface area contributed by atoms with Crippen LogP contribution in [-0.4, -0.2) is 10.9 Å². The third-order valence-electron chi connectivity index (χ3n) is 7.56. The molecule has 0 saturated heterocycles. The molecule has 1 N–H and O–H groups in total. The Hall–Kier alpha value is -2.06. The first-order valence-electron chi connectivity index (χ1n) is 10.3. The molecule has 4 unspecified atom stereocenters. The number of allylic oxidation sites excluding steroid dienone is 1. The quantitative estimate of drug-likeness (QED) is 0.589. The maximum absolute atomic E-state index is 13.4. The molecule has 0 radical (unpaired) electrons. The first-order valence-corrected chi connectivity index (χ1v) is 10.7. The van der Waals surface area contributed by atoms with E-state index in [9.17, 15) is 9.90 Å². The van der Waals surface area contributed by atoms with Gasteiger partial charge in [0.1, 0.15) is 5.75 Å². The summed E-state index contributed by atoms with van der Waals surface area (Å²) in [6, 6.07) is 13.6. The molecule has 2 saturated carbocycles. The summed E-state index contributed by atoms with van der Waals surface area (Å²) in [4.78, 5) is 13.4. The highest BCUT2D eigenvalue weighted by Gasteiger charge is 2.56. The minimum Gasteiger partial charge on any atom is -0.508 e. The zero-order valence-corrected chi connectivity index (χ0v) is 16.9. The highest BCUT2D eigenvalue weighted by Crippen LogP contribution is 2.60. The highest BCUT2D eigenvalue weighted by molar-refractivity contribution is 6.30. The molecule has 4 atom stereocenters. The maximum Gasteiger partial charge on any atom is 0.165 e. The Morgan fingerprint density at radius 1 is 1.14 bits per heavy atom. The van der Waals surface area contributed by atoms with Gasteiger partial charge >= 0.3 is 0 Å². The van der Waals surface area contributed by atoms with Crippen molar-refractivity contribution in [1.82, 2.24) is 0 Å². The molecular formula is C25H25ClO2. The number of fused-ring (bicyclic) bond motifs is 5. The summed E-state index contributed by atoms with van der Waals surface area (Å²) >= 11 is 6.00. The lowest BCUT2D eigenvalue weighted by molar-refractivity contribution is -0.127. The molecule has 0 spiro atoms. The number of aromatic hydroxyl groups is 1. The normalized spacial score (nSPS) is 32.7. The third-order valence-corrected chi connectivity index (χ3v) is 7.81. The second-order valence-electron chi connectivity index (χ2n) is 9.01. The molecule has 2 fully saturated rings. The van der Waals surface area contributed by atoms with Gasteiger partial charge in [-0.15, -0.1) is 0 Å². The van der Waals surface area contributed by atoms with Crippen molar-refractivity contribution in [2.24, 2.45) is 17.3 Å². The third kappa shape index (κ3) is 2.73. The van der Waals surface area contributed by atoms with Gasteiger partial charge in [-0.1, -0.05) is 36.7 Å². The van der Waals surface area contributed by atoms with Crippen LogP contribution in [-0.2, 0) is 11.2 Å². The molecule has 0 bridgehead atoms. The van der Waals surface area contributed by atoms with Crippen molar-refractivity contribution in [2.45, 2.75) is 44.9 Å². The predicted octanol–water partition coefficient (Wildman–Crippen LogP) is 6.16. The Kier molecular flexibility index (Phi) is 4.17. The average molecular weight is 393 g/mol. The van der Waals surface area contributed by atoms with E-state index < -0.39 is 0 Å². The summed E-state index contributed by atoms with van der Waals surface area (Å²) in [5, 5.41) is 10.6. The van der Waals surface area contributed by atoms with E-state index in [1.54, 1.807) is 0 Å². The molecule has 0 aliphatic heterocycles. The molecule has 3 heteroatoms. The van der Waals surface area contributed by atoms with Crippen LogP contribution in [0.4, 0.5) is 0 Å². The van der Waals surface area contributed by atoms with Crippen molar-refractivity contribution in [3.8, 4) is 5.75 Å². The van der Waals surface area contributed by atoms with Gasteiger partial charge in [-0.05, 0) is 102 Å². The molecule has 2 aromatic carbocycles. The van der Waals surface area contributed by atoms with Gasteiger partial charge in [-0.2, -0.15) is 0 Å². The fourth-order valence-corrected chi connectivity index (χ4v) is 6.25. The molecule has 28 heavy (non-hydrogen) atoms. The van der Waals surface area contributed by atoms with Gasteiger partial charge in [0.15, 0.2) is 5.78 Å². The molecule has 5 rings (SSSR count). The molecule has 3 aliphatic carbocycles. The largest absolute Gasteiger partial charge is 0.508 e. The van der Waals surface area contributed by atoms with Crippen LogP contribution < -0.4 is 0 Å². The van der Waals surface area contributed by atoms with Gasteiger partial charge < -0.3 is 5.11 Å². The number of Topliss-reactive ketones (excluding diaryl/α,β-unsaturated/α-hetero) is 1. The van der Waals surface area contributed by atoms with Gasteiger partial charge in [0.25, 0.3) is 0 Å². The number of carbonyl (C=O) groups is 1. The Balaban J connectivity index is 1.48. The van der Waals surface area contributed by atoms with E-state index in [0.717, 1.165) is 48.3 Å². The Morgan fingerprint density at radius 3 is 2.71 bits per heavy atom. The Bertz CT molecular complexity index is 975. The number of hydrogen-bond donors (Lipinski definition) is 1. The predicted molar refractivity (Wildman–Crippen MR) is 113 cm³/mol. The number of hydrogen-bond acceptors (Lipinski definition) is 2. The van der Waals surface area contributed by atoms with E-state index >= 15 is 0 Å². The lowest BCUT2D eigenvalue weighted by atomic mass is 9.55. The van der Waals surface area contributed by atoms with Crippen LogP contribution in [0, 0.1) is 17.3 Å². The van der Waals surface area contributed by atoms with Crippen LogP contribution in [0.1, 0.15) is 55.2 Å². The van der Waals surface area contributed by atoms with E-state index in [4.69, 9.17) is 11.6 Å². The van der Waals surface area contributed by atoms with Crippen molar-refractivity contribution >= 4 is 23.5 Å². The summed E-state index contributed by atoms with van der Waals surface area (Å²) < 4.78 is 0. The second-order valence-corrected chi connectivity index (χ2v) is 9.45. The smallest absolute Gasteiger partial charge is 0.165 e. The summed E-state index contributed by atoms with van der Waals surface area (Å²) in [7, 11) is 0. The number of phenolic OH excluding ortho intramolecular Hbond substituents is 1. The van der Waals surface area contributed by atoms with E-state index in [1.165, 1.54) is 11.1 Å². The number of benzene rings is 2. The highest BCUT2D eigenvalue weighted by atomic mass is 35.5. The first kappa shape index (κ1) is 18.0. The number of aryl methyl sites for hydroxylation is 1. The lowest BCUT2D eigenvalue weighted by Gasteiger charge is -2.48. The Labute approximate surface area is 171 Å². The van der Waals surface area contributed by atoms with Crippen LogP contribution in [0.15, 0.2) is 48.0 Å². The monoisotopic (exact) mass is 392 g/mol. The number of halogens is 1. The molecule has 0 aromatic heterocycles. The summed E-state index contributed by atoms with van der Waals surface area (Å²) in [6.07, 6.45) is 7.09. The SMILES string of the molecule is CC12CCC3c4ccc(O)cc4CCC3C1C/C(=C\c1ccc(Cl)cc1)C2=O. The first-order chi connectivity index (χ1) is 13.5. The van der Waals surface area contributed by atoms with Crippen LogP contribution in [0.2, 0.25) is 5.02 Å². The van der Waals surface area contributed by atoms with E-state index in [1.807, 2.05) is 36.4 Å². The minimum atomic E-state index is -0.228. The molecular weight excluding hydrogens is 368 g/mol. The summed E-state index contributed by atoms with van der Waals surface area (Å²) in [5.41, 5.74) is 4.50. The van der Waals surface area contributed by atoms with E-state index in [-0.39, 0.29) is 5.41 Å². The molecule has 0 heterocycles. The van der Waals surface area contributed by atoms with Gasteiger partial charge in [-0.3, -0.25) is 4.79 Å². The average Bonchev–Trinajstić information content (AvgIpc) is 2.94. The van der Waals surface area contributed by atoms with E-state index in [2.05, 4.69) is 19.1 Å². The van der Waals surface area contributed by atoms with Crippen molar-refractivity contribution in [1.29, 1.82) is 0 Å². The zero-order valence-electron chi connectivity index (χ0n) is 16.1. The molecule has 144 valence electrons. The van der Waals surface area contributed by atoms with Gasteiger partial charge in [0.05, 0.1) is 0 Å². The fraction of sp³-hybridized carbons (Fsp3) is 0.400. The number of carbonyl (C=O) groups excluding carboxylic acids is 1. The van der Waals surface area contributed by atoms with Crippen molar-refractivity contribution in [2.75, 3.05) is 0 Å². The molecule has 2 aromatic rings.